The predicted octanol–water partition coefficient (Wildman–Crippen LogP) is 2.73. The first kappa shape index (κ1) is 27.3. The van der Waals surface area contributed by atoms with Gasteiger partial charge in [-0.25, -0.2) is 13.1 Å². The molecule has 36 heavy (non-hydrogen) atoms. The second-order valence-electron chi connectivity index (χ2n) is 8.83. The van der Waals surface area contributed by atoms with Gasteiger partial charge in [0.15, 0.2) is 0 Å². The molecule has 1 saturated heterocycles. The number of amides is 2. The number of primary amides is 1. The first-order chi connectivity index (χ1) is 17.1. The van der Waals surface area contributed by atoms with Gasteiger partial charge in [-0.2, -0.15) is 0 Å². The summed E-state index contributed by atoms with van der Waals surface area (Å²) in [5.41, 5.74) is 6.58. The van der Waals surface area contributed by atoms with E-state index in [9.17, 15) is 18.0 Å². The molecule has 0 saturated carbocycles. The molecule has 0 bridgehead atoms. The molecule has 196 valence electrons. The SMILES string of the molecule is CC[C@@H](C)NS(=O)(=O)c1cc(NC(=O)c2cc(OC)cc(OC)c2)ccc1N1CCC(C(N)=O)CC1. The highest BCUT2D eigenvalue weighted by atomic mass is 32.2. The average Bonchev–Trinajstić information content (AvgIpc) is 2.87. The summed E-state index contributed by atoms with van der Waals surface area (Å²) in [4.78, 5) is 26.5. The van der Waals surface area contributed by atoms with Crippen LogP contribution in [0.4, 0.5) is 11.4 Å². The molecule has 11 heteroatoms. The van der Waals surface area contributed by atoms with Crippen molar-refractivity contribution in [2.24, 2.45) is 11.7 Å². The number of nitrogens with two attached hydrogens (primary N) is 1. The van der Waals surface area contributed by atoms with E-state index in [1.807, 2.05) is 11.8 Å². The zero-order chi connectivity index (χ0) is 26.5. The number of anilines is 2. The number of methoxy groups -OCH3 is 2. The van der Waals surface area contributed by atoms with Gasteiger partial charge in [0, 0.05) is 42.4 Å². The minimum absolute atomic E-state index is 0.0568. The van der Waals surface area contributed by atoms with Gasteiger partial charge in [0.25, 0.3) is 5.91 Å². The molecule has 3 rings (SSSR count). The van der Waals surface area contributed by atoms with Gasteiger partial charge in [-0.05, 0) is 56.5 Å². The Kier molecular flexibility index (Phi) is 8.80. The van der Waals surface area contributed by atoms with E-state index in [1.165, 1.54) is 20.3 Å². The molecule has 0 aliphatic carbocycles. The van der Waals surface area contributed by atoms with E-state index in [-0.39, 0.29) is 22.8 Å². The second-order valence-corrected chi connectivity index (χ2v) is 10.5. The minimum atomic E-state index is -3.90. The summed E-state index contributed by atoms with van der Waals surface area (Å²) >= 11 is 0. The van der Waals surface area contributed by atoms with Crippen LogP contribution in [0, 0.1) is 5.92 Å². The molecule has 1 aliphatic heterocycles. The van der Waals surface area contributed by atoms with Crippen LogP contribution in [-0.2, 0) is 14.8 Å². The van der Waals surface area contributed by atoms with Crippen molar-refractivity contribution < 1.29 is 27.5 Å². The fourth-order valence-corrected chi connectivity index (χ4v) is 5.60. The van der Waals surface area contributed by atoms with E-state index >= 15 is 0 Å². The standard InChI is InChI=1S/C25H34N4O6S/c1-5-16(2)28-36(32,33)23-14-19(6-7-22(23)29-10-8-17(9-11-29)24(26)30)27-25(31)18-12-20(34-3)15-21(13-18)35-4/h6-7,12-17,28H,5,8-11H2,1-4H3,(H2,26,30)(H,27,31)/t16-/m1/s1. The molecule has 1 fully saturated rings. The number of carbonyl (C=O) groups excluding carboxylic acids is 2. The van der Waals surface area contributed by atoms with Crippen LogP contribution in [0.15, 0.2) is 41.3 Å². The van der Waals surface area contributed by atoms with Crippen LogP contribution >= 0.6 is 0 Å². The van der Waals surface area contributed by atoms with Crippen molar-refractivity contribution >= 4 is 33.2 Å². The van der Waals surface area contributed by atoms with Crippen molar-refractivity contribution in [1.82, 2.24) is 4.72 Å². The Morgan fingerprint density at radius 1 is 1.08 bits per heavy atom. The number of sulfonamides is 1. The number of nitrogens with zero attached hydrogens (tertiary/aromatic N) is 1. The highest BCUT2D eigenvalue weighted by Gasteiger charge is 2.28. The monoisotopic (exact) mass is 518 g/mol. The van der Waals surface area contributed by atoms with Crippen molar-refractivity contribution in [3.63, 3.8) is 0 Å². The lowest BCUT2D eigenvalue weighted by atomic mass is 9.96. The maximum absolute atomic E-state index is 13.4. The van der Waals surface area contributed by atoms with Gasteiger partial charge in [0.1, 0.15) is 16.4 Å². The number of benzene rings is 2. The van der Waals surface area contributed by atoms with Crippen LogP contribution in [0.2, 0.25) is 0 Å². The van der Waals surface area contributed by atoms with E-state index in [0.717, 1.165) is 0 Å². The maximum Gasteiger partial charge on any atom is 0.255 e. The third kappa shape index (κ3) is 6.46. The molecule has 1 aliphatic rings. The molecule has 2 aromatic carbocycles. The molecular weight excluding hydrogens is 484 g/mol. The van der Waals surface area contributed by atoms with Crippen LogP contribution in [0.3, 0.4) is 0 Å². The zero-order valence-electron chi connectivity index (χ0n) is 21.0. The third-order valence-electron chi connectivity index (χ3n) is 6.33. The molecule has 4 N–H and O–H groups in total. The first-order valence-corrected chi connectivity index (χ1v) is 13.3. The van der Waals surface area contributed by atoms with E-state index in [4.69, 9.17) is 15.2 Å². The number of hydrogen-bond acceptors (Lipinski definition) is 7. The molecular formula is C25H34N4O6S. The van der Waals surface area contributed by atoms with Gasteiger partial charge < -0.3 is 25.4 Å². The number of carbonyl (C=O) groups is 2. The van der Waals surface area contributed by atoms with Crippen molar-refractivity contribution in [3.05, 3.63) is 42.0 Å². The number of rotatable bonds is 10. The van der Waals surface area contributed by atoms with Gasteiger partial charge >= 0.3 is 0 Å². The normalized spacial score (nSPS) is 15.3. The quantitative estimate of drug-likeness (QED) is 0.439. The Morgan fingerprint density at radius 2 is 1.69 bits per heavy atom. The lowest BCUT2D eigenvalue weighted by molar-refractivity contribution is -0.122. The van der Waals surface area contributed by atoms with Gasteiger partial charge in [-0.3, -0.25) is 9.59 Å². The summed E-state index contributed by atoms with van der Waals surface area (Å²) in [6, 6.07) is 9.30. The van der Waals surface area contributed by atoms with Crippen LogP contribution in [0.1, 0.15) is 43.5 Å². The Morgan fingerprint density at radius 3 is 2.22 bits per heavy atom. The predicted molar refractivity (Wildman–Crippen MR) is 138 cm³/mol. The van der Waals surface area contributed by atoms with Gasteiger partial charge in [0.2, 0.25) is 15.9 Å². The summed E-state index contributed by atoms with van der Waals surface area (Å²) in [5, 5.41) is 2.77. The van der Waals surface area contributed by atoms with Crippen LogP contribution in [-0.4, -0.2) is 53.6 Å². The third-order valence-corrected chi connectivity index (χ3v) is 7.95. The summed E-state index contributed by atoms with van der Waals surface area (Å²) in [7, 11) is -0.922. The molecule has 2 aromatic rings. The highest BCUT2D eigenvalue weighted by Crippen LogP contribution is 2.32. The van der Waals surface area contributed by atoms with Crippen LogP contribution < -0.4 is 30.1 Å². The molecule has 0 unspecified atom stereocenters. The van der Waals surface area contributed by atoms with E-state index in [0.29, 0.717) is 60.8 Å². The van der Waals surface area contributed by atoms with E-state index in [1.54, 1.807) is 37.3 Å². The Bertz CT molecular complexity index is 1190. The van der Waals surface area contributed by atoms with Gasteiger partial charge in [0.05, 0.1) is 19.9 Å². The van der Waals surface area contributed by atoms with Crippen molar-refractivity contribution in [2.45, 2.75) is 44.0 Å². The van der Waals surface area contributed by atoms with Crippen molar-refractivity contribution in [1.29, 1.82) is 0 Å². The topological polar surface area (TPSA) is 140 Å². The lowest BCUT2D eigenvalue weighted by Gasteiger charge is -2.33. The van der Waals surface area contributed by atoms with Crippen molar-refractivity contribution in [2.75, 3.05) is 37.5 Å². The zero-order valence-corrected chi connectivity index (χ0v) is 21.9. The van der Waals surface area contributed by atoms with Gasteiger partial charge in [-0.15, -0.1) is 0 Å². The van der Waals surface area contributed by atoms with E-state index in [2.05, 4.69) is 10.0 Å². The maximum atomic E-state index is 13.4. The Hall–Kier alpha value is -3.31. The molecule has 1 atom stereocenters. The fourth-order valence-electron chi connectivity index (χ4n) is 4.03. The largest absolute Gasteiger partial charge is 0.497 e. The fraction of sp³-hybridized carbons (Fsp3) is 0.440. The van der Waals surface area contributed by atoms with Crippen molar-refractivity contribution in [3.8, 4) is 11.5 Å². The van der Waals surface area contributed by atoms with Crippen LogP contribution in [0.25, 0.3) is 0 Å². The average molecular weight is 519 g/mol. The first-order valence-electron chi connectivity index (χ1n) is 11.8. The Balaban J connectivity index is 1.94. The highest BCUT2D eigenvalue weighted by molar-refractivity contribution is 7.89. The number of nitrogens with one attached hydrogen (secondary N) is 2. The van der Waals surface area contributed by atoms with Crippen LogP contribution in [0.5, 0.6) is 11.5 Å². The number of hydrogen-bond donors (Lipinski definition) is 3. The molecule has 0 aromatic heterocycles. The summed E-state index contributed by atoms with van der Waals surface area (Å²) in [5.74, 6) is -0.1000. The minimum Gasteiger partial charge on any atom is -0.497 e. The molecule has 0 spiro atoms. The molecule has 0 radical (unpaired) electrons. The summed E-state index contributed by atoms with van der Waals surface area (Å²) in [6.45, 7) is 4.67. The molecule has 10 nitrogen and oxygen atoms in total. The van der Waals surface area contributed by atoms with Gasteiger partial charge in [-0.1, -0.05) is 6.92 Å². The summed E-state index contributed by atoms with van der Waals surface area (Å²) in [6.07, 6.45) is 1.71. The molecule has 1 heterocycles. The molecule has 2 amide bonds. The second kappa shape index (κ2) is 11.6. The lowest BCUT2D eigenvalue weighted by Crippen LogP contribution is -2.40. The number of ether oxygens (including phenoxy) is 2. The summed E-state index contributed by atoms with van der Waals surface area (Å²) < 4.78 is 39.9. The van der Waals surface area contributed by atoms with E-state index < -0.39 is 15.9 Å². The smallest absolute Gasteiger partial charge is 0.255 e. The number of piperidine rings is 1. The Labute approximate surface area is 212 Å².